The number of carbonyl (C=O) groups excluding carboxylic acids is 1. The zero-order chi connectivity index (χ0) is 18.8. The third-order valence-corrected chi connectivity index (χ3v) is 4.36. The number of hydrogen-bond acceptors (Lipinski definition) is 3. The van der Waals surface area contributed by atoms with Crippen molar-refractivity contribution in [2.75, 3.05) is 12.4 Å². The van der Waals surface area contributed by atoms with Gasteiger partial charge in [-0.05, 0) is 49.4 Å². The fourth-order valence-electron chi connectivity index (χ4n) is 2.45. The van der Waals surface area contributed by atoms with E-state index in [1.54, 1.807) is 25.1 Å². The Morgan fingerprint density at radius 2 is 1.88 bits per heavy atom. The monoisotopic (exact) mass is 393 g/mol. The lowest BCUT2D eigenvalue weighted by atomic mass is 10.2. The van der Waals surface area contributed by atoms with E-state index in [9.17, 15) is 9.18 Å². The highest BCUT2D eigenvalue weighted by Gasteiger charge is 2.21. The van der Waals surface area contributed by atoms with Crippen molar-refractivity contribution < 1.29 is 13.9 Å². The largest absolute Gasteiger partial charge is 0.495 e. The summed E-state index contributed by atoms with van der Waals surface area (Å²) in [5.74, 6) is -0.298. The van der Waals surface area contributed by atoms with Crippen LogP contribution in [0.3, 0.4) is 0 Å². The van der Waals surface area contributed by atoms with Gasteiger partial charge >= 0.3 is 0 Å². The summed E-state index contributed by atoms with van der Waals surface area (Å²) in [6.07, 6.45) is 0. The molecule has 0 atom stereocenters. The summed E-state index contributed by atoms with van der Waals surface area (Å²) >= 11 is 12.4. The molecule has 1 aromatic heterocycles. The topological polar surface area (TPSA) is 56.1 Å². The summed E-state index contributed by atoms with van der Waals surface area (Å²) < 4.78 is 19.6. The Balaban J connectivity index is 1.90. The normalized spacial score (nSPS) is 10.7. The molecule has 1 amide bonds. The van der Waals surface area contributed by atoms with Crippen LogP contribution in [0.15, 0.2) is 42.5 Å². The van der Waals surface area contributed by atoms with Gasteiger partial charge in [0.2, 0.25) is 0 Å². The second kappa shape index (κ2) is 7.35. The van der Waals surface area contributed by atoms with Gasteiger partial charge in [0.05, 0.1) is 23.5 Å². The highest BCUT2D eigenvalue weighted by molar-refractivity contribution is 6.34. The third-order valence-electron chi connectivity index (χ3n) is 3.71. The SMILES string of the molecule is COc1ccc(NC(=O)c2c(C)nn(-c3ccc(F)cc3)c2Cl)cc1Cl. The number of nitrogens with zero attached hydrogens (tertiary/aromatic N) is 2. The molecule has 3 rings (SSSR count). The minimum absolute atomic E-state index is 0.131. The van der Waals surface area contributed by atoms with Gasteiger partial charge in [0, 0.05) is 5.69 Å². The first kappa shape index (κ1) is 18.2. The number of benzene rings is 2. The molecule has 0 aliphatic rings. The van der Waals surface area contributed by atoms with Crippen molar-refractivity contribution in [1.82, 2.24) is 9.78 Å². The third kappa shape index (κ3) is 3.52. The number of halogens is 3. The number of aromatic nitrogens is 2. The van der Waals surface area contributed by atoms with Gasteiger partial charge < -0.3 is 10.1 Å². The smallest absolute Gasteiger partial charge is 0.260 e. The van der Waals surface area contributed by atoms with E-state index < -0.39 is 5.91 Å². The number of amides is 1. The molecule has 134 valence electrons. The van der Waals surface area contributed by atoms with Crippen LogP contribution in [0.5, 0.6) is 5.75 Å². The standard InChI is InChI=1S/C18H14Cl2FN3O2/c1-10-16(17(20)24(23-10)13-6-3-11(21)4-7-13)18(25)22-12-5-8-15(26-2)14(19)9-12/h3-9H,1-2H3,(H,22,25). The van der Waals surface area contributed by atoms with Crippen LogP contribution in [0.1, 0.15) is 16.1 Å². The molecular weight excluding hydrogens is 380 g/mol. The average Bonchev–Trinajstić information content (AvgIpc) is 2.90. The molecule has 2 aromatic carbocycles. The van der Waals surface area contributed by atoms with Gasteiger partial charge in [-0.3, -0.25) is 4.79 Å². The van der Waals surface area contributed by atoms with Crippen LogP contribution >= 0.6 is 23.2 Å². The maximum atomic E-state index is 13.1. The van der Waals surface area contributed by atoms with Crippen molar-refractivity contribution in [3.05, 3.63) is 69.7 Å². The second-order valence-electron chi connectivity index (χ2n) is 5.44. The van der Waals surface area contributed by atoms with Crippen molar-refractivity contribution >= 4 is 34.8 Å². The van der Waals surface area contributed by atoms with Gasteiger partial charge in [-0.2, -0.15) is 5.10 Å². The van der Waals surface area contributed by atoms with Gasteiger partial charge in [-0.25, -0.2) is 9.07 Å². The zero-order valence-electron chi connectivity index (χ0n) is 13.9. The molecule has 0 spiro atoms. The van der Waals surface area contributed by atoms with Crippen LogP contribution in [0.25, 0.3) is 5.69 Å². The maximum absolute atomic E-state index is 13.1. The van der Waals surface area contributed by atoms with Gasteiger partial charge in [0.1, 0.15) is 22.3 Å². The van der Waals surface area contributed by atoms with Crippen LogP contribution in [-0.4, -0.2) is 22.8 Å². The molecule has 0 aliphatic carbocycles. The Morgan fingerprint density at radius 1 is 1.19 bits per heavy atom. The molecule has 0 aliphatic heterocycles. The Labute approximate surface area is 159 Å². The second-order valence-corrected chi connectivity index (χ2v) is 6.21. The number of methoxy groups -OCH3 is 1. The van der Waals surface area contributed by atoms with E-state index in [1.807, 2.05) is 0 Å². The Morgan fingerprint density at radius 3 is 2.50 bits per heavy atom. The highest BCUT2D eigenvalue weighted by atomic mass is 35.5. The molecule has 5 nitrogen and oxygen atoms in total. The molecule has 0 fully saturated rings. The van der Waals surface area contributed by atoms with E-state index >= 15 is 0 Å². The van der Waals surface area contributed by atoms with E-state index in [0.29, 0.717) is 27.8 Å². The summed E-state index contributed by atoms with van der Waals surface area (Å²) in [4.78, 5) is 12.6. The Bertz CT molecular complexity index is 971. The summed E-state index contributed by atoms with van der Waals surface area (Å²) in [5.41, 5.74) is 1.70. The van der Waals surface area contributed by atoms with Crippen molar-refractivity contribution in [2.24, 2.45) is 0 Å². The van der Waals surface area contributed by atoms with E-state index in [-0.39, 0.29) is 16.5 Å². The Hall–Kier alpha value is -2.57. The van der Waals surface area contributed by atoms with Crippen molar-refractivity contribution in [2.45, 2.75) is 6.92 Å². The lowest BCUT2D eigenvalue weighted by molar-refractivity contribution is 0.102. The summed E-state index contributed by atoms with van der Waals surface area (Å²) in [7, 11) is 1.51. The molecule has 8 heteroatoms. The number of anilines is 1. The van der Waals surface area contributed by atoms with Gasteiger partial charge in [0.25, 0.3) is 5.91 Å². The number of rotatable bonds is 4. The molecule has 0 bridgehead atoms. The number of carbonyl (C=O) groups is 1. The molecule has 0 saturated carbocycles. The molecule has 3 aromatic rings. The van der Waals surface area contributed by atoms with Crippen LogP contribution in [0.2, 0.25) is 10.2 Å². The first-order valence-corrected chi connectivity index (χ1v) is 8.32. The zero-order valence-corrected chi connectivity index (χ0v) is 15.4. The van der Waals surface area contributed by atoms with Gasteiger partial charge in [-0.1, -0.05) is 23.2 Å². The number of ether oxygens (including phenoxy) is 1. The number of aryl methyl sites for hydroxylation is 1. The fourth-order valence-corrected chi connectivity index (χ4v) is 3.06. The molecule has 0 saturated heterocycles. The maximum Gasteiger partial charge on any atom is 0.260 e. The predicted molar refractivity (Wildman–Crippen MR) is 99.2 cm³/mol. The summed E-state index contributed by atoms with van der Waals surface area (Å²) in [6, 6.07) is 10.5. The molecule has 26 heavy (non-hydrogen) atoms. The van der Waals surface area contributed by atoms with Crippen molar-refractivity contribution in [3.8, 4) is 11.4 Å². The minimum atomic E-state index is -0.429. The predicted octanol–water partition coefficient (Wildman–Crippen LogP) is 4.89. The number of nitrogens with one attached hydrogen (secondary N) is 1. The first-order chi connectivity index (χ1) is 12.4. The fraction of sp³-hybridized carbons (Fsp3) is 0.111. The molecule has 0 unspecified atom stereocenters. The highest BCUT2D eigenvalue weighted by Crippen LogP contribution is 2.29. The van der Waals surface area contributed by atoms with E-state index in [4.69, 9.17) is 27.9 Å². The van der Waals surface area contributed by atoms with E-state index in [2.05, 4.69) is 10.4 Å². The van der Waals surface area contributed by atoms with Crippen LogP contribution < -0.4 is 10.1 Å². The Kier molecular flexibility index (Phi) is 5.15. The van der Waals surface area contributed by atoms with E-state index in [1.165, 1.54) is 36.1 Å². The van der Waals surface area contributed by atoms with Crippen LogP contribution in [-0.2, 0) is 0 Å². The van der Waals surface area contributed by atoms with Gasteiger partial charge in [0.15, 0.2) is 0 Å². The van der Waals surface area contributed by atoms with E-state index in [0.717, 1.165) is 0 Å². The lowest BCUT2D eigenvalue weighted by Crippen LogP contribution is -2.13. The van der Waals surface area contributed by atoms with Crippen LogP contribution in [0, 0.1) is 12.7 Å². The molecule has 0 radical (unpaired) electrons. The molecule has 1 N–H and O–H groups in total. The van der Waals surface area contributed by atoms with Crippen molar-refractivity contribution in [3.63, 3.8) is 0 Å². The van der Waals surface area contributed by atoms with Crippen molar-refractivity contribution in [1.29, 1.82) is 0 Å². The quantitative estimate of drug-likeness (QED) is 0.686. The molecular formula is C18H14Cl2FN3O2. The first-order valence-electron chi connectivity index (χ1n) is 7.56. The lowest BCUT2D eigenvalue weighted by Gasteiger charge is -2.08. The van der Waals surface area contributed by atoms with Gasteiger partial charge in [-0.15, -0.1) is 0 Å². The number of hydrogen-bond donors (Lipinski definition) is 1. The summed E-state index contributed by atoms with van der Waals surface area (Å²) in [5, 5.41) is 7.50. The van der Waals surface area contributed by atoms with Crippen LogP contribution in [0.4, 0.5) is 10.1 Å². The minimum Gasteiger partial charge on any atom is -0.495 e. The summed E-state index contributed by atoms with van der Waals surface area (Å²) in [6.45, 7) is 1.67. The average molecular weight is 394 g/mol. The molecule has 1 heterocycles.